The van der Waals surface area contributed by atoms with Crippen molar-refractivity contribution in [3.8, 4) is 5.75 Å². The van der Waals surface area contributed by atoms with Crippen LogP contribution < -0.4 is 15.7 Å². The first-order valence-corrected chi connectivity index (χ1v) is 9.36. The average Bonchev–Trinajstić information content (AvgIpc) is 2.73. The minimum absolute atomic E-state index is 0.0322. The molecule has 0 saturated heterocycles. The molecule has 1 N–H and O–H groups in total. The number of aromatic nitrogens is 1. The Hall–Kier alpha value is -3.67. The molecule has 6 heteroatoms. The minimum atomic E-state index is -0.542. The number of carbonyl (C=O) groups is 1. The maximum atomic E-state index is 12.4. The molecule has 0 fully saturated rings. The molecule has 0 aliphatic heterocycles. The zero-order valence-corrected chi connectivity index (χ0v) is 16.4. The standard InChI is InChI=1S/C23H23N3O3/c1-17(2)26-14-8-13-21(23(26)28)22(27)25-24-15-18-9-6-7-10-19(18)16-29-20-11-4-3-5-12-20/h3-15,17H,16H2,1-2H3,(H,25,27)/b24-15-. The molecule has 6 nitrogen and oxygen atoms in total. The number of rotatable bonds is 7. The molecule has 3 aromatic rings. The van der Waals surface area contributed by atoms with Gasteiger partial charge >= 0.3 is 0 Å². The van der Waals surface area contributed by atoms with Gasteiger partial charge in [-0.15, -0.1) is 0 Å². The van der Waals surface area contributed by atoms with Crippen LogP contribution in [0.25, 0.3) is 0 Å². The Bertz CT molecular complexity index is 1060. The van der Waals surface area contributed by atoms with Crippen LogP contribution in [0.1, 0.15) is 41.4 Å². The smallest absolute Gasteiger partial charge is 0.276 e. The molecule has 0 bridgehead atoms. The van der Waals surface area contributed by atoms with Crippen LogP contribution in [0.2, 0.25) is 0 Å². The van der Waals surface area contributed by atoms with Gasteiger partial charge in [0.15, 0.2) is 0 Å². The Balaban J connectivity index is 1.69. The van der Waals surface area contributed by atoms with Crippen LogP contribution in [-0.4, -0.2) is 16.7 Å². The molecule has 29 heavy (non-hydrogen) atoms. The number of para-hydroxylation sites is 1. The van der Waals surface area contributed by atoms with Crippen molar-refractivity contribution in [3.63, 3.8) is 0 Å². The van der Waals surface area contributed by atoms with Crippen molar-refractivity contribution in [2.24, 2.45) is 5.10 Å². The van der Waals surface area contributed by atoms with Gasteiger partial charge in [-0.2, -0.15) is 5.10 Å². The second-order valence-corrected chi connectivity index (χ2v) is 6.73. The van der Waals surface area contributed by atoms with Gasteiger partial charge in [0.1, 0.15) is 17.9 Å². The summed E-state index contributed by atoms with van der Waals surface area (Å²) in [5.74, 6) is 0.234. The van der Waals surface area contributed by atoms with Crippen molar-refractivity contribution >= 4 is 12.1 Å². The molecule has 2 aromatic carbocycles. The molecule has 1 amide bonds. The quantitative estimate of drug-likeness (QED) is 0.494. The Kier molecular flexibility index (Phi) is 6.58. The minimum Gasteiger partial charge on any atom is -0.489 e. The molecule has 1 aromatic heterocycles. The van der Waals surface area contributed by atoms with Gasteiger partial charge in [-0.3, -0.25) is 9.59 Å². The van der Waals surface area contributed by atoms with Crippen molar-refractivity contribution in [1.29, 1.82) is 0 Å². The lowest BCUT2D eigenvalue weighted by molar-refractivity contribution is 0.0953. The van der Waals surface area contributed by atoms with Gasteiger partial charge in [0.05, 0.1) is 6.21 Å². The van der Waals surface area contributed by atoms with Crippen LogP contribution in [0, 0.1) is 0 Å². The van der Waals surface area contributed by atoms with Crippen LogP contribution in [0.4, 0.5) is 0 Å². The van der Waals surface area contributed by atoms with Crippen LogP contribution in [-0.2, 0) is 6.61 Å². The summed E-state index contributed by atoms with van der Waals surface area (Å²) in [7, 11) is 0. The van der Waals surface area contributed by atoms with Crippen molar-refractivity contribution in [2.45, 2.75) is 26.5 Å². The van der Waals surface area contributed by atoms with Crippen molar-refractivity contribution < 1.29 is 9.53 Å². The Labute approximate surface area is 169 Å². The van der Waals surface area contributed by atoms with Crippen LogP contribution >= 0.6 is 0 Å². The van der Waals surface area contributed by atoms with E-state index >= 15 is 0 Å². The van der Waals surface area contributed by atoms with Crippen LogP contribution in [0.3, 0.4) is 0 Å². The normalized spacial score (nSPS) is 11.0. The summed E-state index contributed by atoms with van der Waals surface area (Å²) in [5, 5.41) is 4.02. The lowest BCUT2D eigenvalue weighted by Crippen LogP contribution is -2.31. The molecule has 0 aliphatic rings. The van der Waals surface area contributed by atoms with Crippen molar-refractivity contribution in [3.05, 3.63) is 100.0 Å². The first-order valence-electron chi connectivity index (χ1n) is 9.36. The highest BCUT2D eigenvalue weighted by atomic mass is 16.5. The van der Waals surface area contributed by atoms with E-state index in [9.17, 15) is 9.59 Å². The Morgan fingerprint density at radius 2 is 1.79 bits per heavy atom. The number of benzene rings is 2. The molecular weight excluding hydrogens is 366 g/mol. The van der Waals surface area contributed by atoms with E-state index in [2.05, 4.69) is 10.5 Å². The Morgan fingerprint density at radius 1 is 1.07 bits per heavy atom. The highest BCUT2D eigenvalue weighted by Crippen LogP contribution is 2.13. The van der Waals surface area contributed by atoms with Gasteiger partial charge in [0, 0.05) is 17.8 Å². The van der Waals surface area contributed by atoms with Gasteiger partial charge in [-0.05, 0) is 43.7 Å². The number of ether oxygens (including phenoxy) is 1. The van der Waals surface area contributed by atoms with E-state index in [0.717, 1.165) is 16.9 Å². The number of pyridine rings is 1. The summed E-state index contributed by atoms with van der Waals surface area (Å²) in [4.78, 5) is 24.8. The molecule has 3 rings (SSSR count). The largest absolute Gasteiger partial charge is 0.489 e. The molecule has 1 heterocycles. The molecule has 0 radical (unpaired) electrons. The Morgan fingerprint density at radius 3 is 2.55 bits per heavy atom. The average molecular weight is 389 g/mol. The van der Waals surface area contributed by atoms with Crippen LogP contribution in [0.15, 0.2) is 82.8 Å². The van der Waals surface area contributed by atoms with E-state index < -0.39 is 5.91 Å². The third-order valence-corrected chi connectivity index (χ3v) is 4.34. The molecule has 0 saturated carbocycles. The molecule has 148 valence electrons. The molecule has 0 atom stereocenters. The summed E-state index contributed by atoms with van der Waals surface area (Å²) < 4.78 is 7.30. The topological polar surface area (TPSA) is 72.7 Å². The summed E-state index contributed by atoms with van der Waals surface area (Å²) in [6.45, 7) is 4.14. The van der Waals surface area contributed by atoms with Gasteiger partial charge in [-0.25, -0.2) is 5.43 Å². The lowest BCUT2D eigenvalue weighted by Gasteiger charge is -2.10. The van der Waals surface area contributed by atoms with E-state index in [4.69, 9.17) is 4.74 Å². The monoisotopic (exact) mass is 389 g/mol. The zero-order chi connectivity index (χ0) is 20.6. The van der Waals surface area contributed by atoms with Crippen molar-refractivity contribution in [1.82, 2.24) is 9.99 Å². The fraction of sp³-hybridized carbons (Fsp3) is 0.174. The second kappa shape index (κ2) is 9.50. The van der Waals surface area contributed by atoms with E-state index in [1.807, 2.05) is 68.4 Å². The van der Waals surface area contributed by atoms with E-state index in [-0.39, 0.29) is 17.2 Å². The SMILES string of the molecule is CC(C)n1cccc(C(=O)N/N=C\c2ccccc2COc2ccccc2)c1=O. The first-order chi connectivity index (χ1) is 14.1. The maximum Gasteiger partial charge on any atom is 0.276 e. The predicted molar refractivity (Wildman–Crippen MR) is 113 cm³/mol. The summed E-state index contributed by atoms with van der Waals surface area (Å²) in [6, 6.07) is 20.3. The highest BCUT2D eigenvalue weighted by molar-refractivity contribution is 5.94. The van der Waals surface area contributed by atoms with Crippen molar-refractivity contribution in [2.75, 3.05) is 0 Å². The highest BCUT2D eigenvalue weighted by Gasteiger charge is 2.12. The maximum absolute atomic E-state index is 12.4. The summed E-state index contributed by atoms with van der Waals surface area (Å²) in [5.41, 5.74) is 3.89. The fourth-order valence-corrected chi connectivity index (χ4v) is 2.78. The lowest BCUT2D eigenvalue weighted by atomic mass is 10.1. The van der Waals surface area contributed by atoms with E-state index in [1.54, 1.807) is 18.5 Å². The summed E-state index contributed by atoms with van der Waals surface area (Å²) in [6.07, 6.45) is 3.21. The number of nitrogens with zero attached hydrogens (tertiary/aromatic N) is 2. The van der Waals surface area contributed by atoms with Gasteiger partial charge < -0.3 is 9.30 Å². The van der Waals surface area contributed by atoms with E-state index in [0.29, 0.717) is 6.61 Å². The fourth-order valence-electron chi connectivity index (χ4n) is 2.78. The molecule has 0 aliphatic carbocycles. The third kappa shape index (κ3) is 5.19. The van der Waals surface area contributed by atoms with Gasteiger partial charge in [0.25, 0.3) is 11.5 Å². The third-order valence-electron chi connectivity index (χ3n) is 4.34. The predicted octanol–water partition coefficient (Wildman–Crippen LogP) is 3.77. The van der Waals surface area contributed by atoms with Gasteiger partial charge in [-0.1, -0.05) is 42.5 Å². The summed E-state index contributed by atoms with van der Waals surface area (Å²) >= 11 is 0. The zero-order valence-electron chi connectivity index (χ0n) is 16.4. The molecule has 0 spiro atoms. The molecule has 0 unspecified atom stereocenters. The molecular formula is C23H23N3O3. The number of carbonyl (C=O) groups excluding carboxylic acids is 1. The number of hydrazone groups is 1. The van der Waals surface area contributed by atoms with Gasteiger partial charge in [0.2, 0.25) is 0 Å². The van der Waals surface area contributed by atoms with Crippen LogP contribution in [0.5, 0.6) is 5.75 Å². The van der Waals surface area contributed by atoms with E-state index in [1.165, 1.54) is 10.6 Å². The number of amides is 1. The number of hydrogen-bond donors (Lipinski definition) is 1. The first kappa shape index (κ1) is 20.1. The number of hydrogen-bond acceptors (Lipinski definition) is 4. The second-order valence-electron chi connectivity index (χ2n) is 6.73. The number of nitrogens with one attached hydrogen (secondary N) is 1.